The molecule has 0 aromatic carbocycles. The van der Waals surface area contributed by atoms with Crippen molar-refractivity contribution >= 4 is 16.8 Å². The molecule has 6 heteroatoms. The van der Waals surface area contributed by atoms with Crippen molar-refractivity contribution < 1.29 is 14.1 Å². The average Bonchev–Trinajstić information content (AvgIpc) is 2.48. The summed E-state index contributed by atoms with van der Waals surface area (Å²) in [6.07, 6.45) is 2.12. The number of carbonyl (C=O) groups is 1. The molecule has 0 aliphatic rings. The summed E-state index contributed by atoms with van der Waals surface area (Å²) in [5, 5.41) is 12.7. The van der Waals surface area contributed by atoms with E-state index in [0.717, 1.165) is 6.42 Å². The van der Waals surface area contributed by atoms with Gasteiger partial charge in [-0.2, -0.15) is 5.10 Å². The van der Waals surface area contributed by atoms with Gasteiger partial charge in [0.1, 0.15) is 5.56 Å². The van der Waals surface area contributed by atoms with Crippen LogP contribution in [0, 0.1) is 0 Å². The van der Waals surface area contributed by atoms with E-state index in [1.165, 1.54) is 10.9 Å². The van der Waals surface area contributed by atoms with Crippen molar-refractivity contribution in [3.05, 3.63) is 17.5 Å². The minimum Gasteiger partial charge on any atom is -0.478 e. The monoisotopic (exact) mass is 230 g/mol. The van der Waals surface area contributed by atoms with E-state index in [2.05, 4.69) is 5.10 Å². The minimum absolute atomic E-state index is 0.141. The number of rotatable bonds is 5. The molecule has 1 atom stereocenters. The zero-order valence-corrected chi connectivity index (χ0v) is 9.58. The molecule has 0 amide bonds. The average molecular weight is 230 g/mol. The number of carboxylic acids is 1. The molecule has 0 aliphatic carbocycles. The maximum atomic E-state index is 11.5. The van der Waals surface area contributed by atoms with E-state index in [-0.39, 0.29) is 11.3 Å². The van der Waals surface area contributed by atoms with Crippen LogP contribution in [-0.2, 0) is 23.6 Å². The minimum atomic E-state index is -1.02. The van der Waals surface area contributed by atoms with Crippen LogP contribution in [0.3, 0.4) is 0 Å². The zero-order valence-electron chi connectivity index (χ0n) is 8.77. The number of carboxylic acid groups (broad SMARTS) is 1. The molecule has 0 aliphatic heterocycles. The molecule has 1 heterocycles. The van der Waals surface area contributed by atoms with E-state index in [9.17, 15) is 9.00 Å². The summed E-state index contributed by atoms with van der Waals surface area (Å²) in [6.45, 7) is 1.94. The molecule has 1 unspecified atom stereocenters. The Morgan fingerprint density at radius 2 is 2.33 bits per heavy atom. The first kappa shape index (κ1) is 11.9. The summed E-state index contributed by atoms with van der Waals surface area (Å²) >= 11 is 0. The number of hydrogen-bond acceptors (Lipinski definition) is 3. The van der Waals surface area contributed by atoms with Gasteiger partial charge in [-0.1, -0.05) is 6.92 Å². The molecule has 0 fully saturated rings. The first-order chi connectivity index (χ1) is 7.06. The topological polar surface area (TPSA) is 72.2 Å². The van der Waals surface area contributed by atoms with E-state index in [1.807, 2.05) is 6.92 Å². The lowest BCUT2D eigenvalue weighted by molar-refractivity contribution is 0.0696. The van der Waals surface area contributed by atoms with Gasteiger partial charge in [-0.15, -0.1) is 0 Å². The normalized spacial score (nSPS) is 12.7. The predicted molar refractivity (Wildman–Crippen MR) is 57.2 cm³/mol. The number of aryl methyl sites for hydroxylation is 1. The van der Waals surface area contributed by atoms with Crippen LogP contribution in [0.5, 0.6) is 0 Å². The fourth-order valence-corrected chi connectivity index (χ4v) is 2.51. The molecule has 15 heavy (non-hydrogen) atoms. The van der Waals surface area contributed by atoms with Gasteiger partial charge in [0.15, 0.2) is 0 Å². The highest BCUT2D eigenvalue weighted by Crippen LogP contribution is 2.10. The van der Waals surface area contributed by atoms with Crippen molar-refractivity contribution in [1.29, 1.82) is 0 Å². The molecule has 0 saturated carbocycles. The molecule has 1 aromatic rings. The van der Waals surface area contributed by atoms with E-state index in [0.29, 0.717) is 11.4 Å². The van der Waals surface area contributed by atoms with Crippen molar-refractivity contribution in [3.63, 3.8) is 0 Å². The maximum Gasteiger partial charge on any atom is 0.339 e. The molecule has 5 nitrogen and oxygen atoms in total. The van der Waals surface area contributed by atoms with Crippen molar-refractivity contribution in [2.45, 2.75) is 19.1 Å². The molecule has 1 rings (SSSR count). The molecule has 0 spiro atoms. The largest absolute Gasteiger partial charge is 0.478 e. The number of aromatic nitrogens is 2. The zero-order chi connectivity index (χ0) is 11.4. The third-order valence-corrected chi connectivity index (χ3v) is 3.48. The Morgan fingerprint density at radius 1 is 1.67 bits per heavy atom. The number of nitrogens with zero attached hydrogens (tertiary/aromatic N) is 2. The number of hydrogen-bond donors (Lipinski definition) is 1. The summed E-state index contributed by atoms with van der Waals surface area (Å²) in [4.78, 5) is 10.8. The molecule has 0 saturated heterocycles. The van der Waals surface area contributed by atoms with E-state index >= 15 is 0 Å². The maximum absolute atomic E-state index is 11.5. The van der Waals surface area contributed by atoms with Crippen LogP contribution in [0.2, 0.25) is 0 Å². The van der Waals surface area contributed by atoms with Crippen molar-refractivity contribution in [3.8, 4) is 0 Å². The SMILES string of the molecule is CCCS(=O)Cc1c(C(=O)O)cnn1C. The smallest absolute Gasteiger partial charge is 0.339 e. The second kappa shape index (κ2) is 5.06. The highest BCUT2D eigenvalue weighted by molar-refractivity contribution is 7.84. The Morgan fingerprint density at radius 3 is 2.87 bits per heavy atom. The Hall–Kier alpha value is -1.17. The summed E-state index contributed by atoms with van der Waals surface area (Å²) in [5.74, 6) is -0.178. The Labute approximate surface area is 90.6 Å². The lowest BCUT2D eigenvalue weighted by atomic mass is 10.3. The first-order valence-electron chi connectivity index (χ1n) is 4.65. The molecular formula is C9H14N2O3S. The van der Waals surface area contributed by atoms with Gasteiger partial charge >= 0.3 is 5.97 Å². The van der Waals surface area contributed by atoms with Crippen LogP contribution < -0.4 is 0 Å². The Kier molecular flexibility index (Phi) is 4.02. The van der Waals surface area contributed by atoms with Crippen LogP contribution in [0.25, 0.3) is 0 Å². The highest BCUT2D eigenvalue weighted by Gasteiger charge is 2.16. The van der Waals surface area contributed by atoms with Crippen LogP contribution in [0.1, 0.15) is 29.4 Å². The predicted octanol–water partition coefficient (Wildman–Crippen LogP) is 0.777. The highest BCUT2D eigenvalue weighted by atomic mass is 32.2. The van der Waals surface area contributed by atoms with Crippen LogP contribution in [0.15, 0.2) is 6.20 Å². The van der Waals surface area contributed by atoms with E-state index in [1.54, 1.807) is 7.05 Å². The van der Waals surface area contributed by atoms with Gasteiger partial charge in [0.25, 0.3) is 0 Å². The van der Waals surface area contributed by atoms with Crippen LogP contribution in [0.4, 0.5) is 0 Å². The number of aromatic carboxylic acids is 1. The van der Waals surface area contributed by atoms with E-state index in [4.69, 9.17) is 5.11 Å². The van der Waals surface area contributed by atoms with Crippen molar-refractivity contribution in [2.75, 3.05) is 5.75 Å². The third-order valence-electron chi connectivity index (χ3n) is 2.02. The summed E-state index contributed by atoms with van der Waals surface area (Å²) < 4.78 is 13.0. The molecule has 1 aromatic heterocycles. The lowest BCUT2D eigenvalue weighted by Gasteiger charge is -2.03. The summed E-state index contributed by atoms with van der Waals surface area (Å²) in [7, 11) is 0.647. The second-order valence-electron chi connectivity index (χ2n) is 3.22. The van der Waals surface area contributed by atoms with Gasteiger partial charge in [-0.25, -0.2) is 4.79 Å². The molecule has 0 radical (unpaired) electrons. The molecule has 84 valence electrons. The van der Waals surface area contributed by atoms with Crippen molar-refractivity contribution in [1.82, 2.24) is 9.78 Å². The van der Waals surface area contributed by atoms with Crippen molar-refractivity contribution in [2.24, 2.45) is 7.05 Å². The van der Waals surface area contributed by atoms with Gasteiger partial charge in [0.2, 0.25) is 0 Å². The fraction of sp³-hybridized carbons (Fsp3) is 0.556. The van der Waals surface area contributed by atoms with Crippen LogP contribution >= 0.6 is 0 Å². The molecule has 0 bridgehead atoms. The summed E-state index contributed by atoms with van der Waals surface area (Å²) in [5.41, 5.74) is 0.663. The Balaban J connectivity index is 2.88. The van der Waals surface area contributed by atoms with Crippen LogP contribution in [-0.4, -0.2) is 30.8 Å². The quantitative estimate of drug-likeness (QED) is 0.811. The van der Waals surface area contributed by atoms with Gasteiger partial charge in [-0.05, 0) is 6.42 Å². The molecular weight excluding hydrogens is 216 g/mol. The Bertz CT molecular complexity index is 387. The van der Waals surface area contributed by atoms with Gasteiger partial charge in [-0.3, -0.25) is 8.89 Å². The first-order valence-corrected chi connectivity index (χ1v) is 6.14. The third kappa shape index (κ3) is 2.89. The molecule has 1 N–H and O–H groups in total. The van der Waals surface area contributed by atoms with Gasteiger partial charge in [0.05, 0.1) is 17.6 Å². The lowest BCUT2D eigenvalue weighted by Crippen LogP contribution is -2.09. The standard InChI is InChI=1S/C9H14N2O3S/c1-3-4-15(14)6-8-7(9(12)13)5-10-11(8)2/h5H,3-4,6H2,1-2H3,(H,12,13). The summed E-state index contributed by atoms with van der Waals surface area (Å²) in [6, 6.07) is 0. The van der Waals surface area contributed by atoms with E-state index < -0.39 is 16.8 Å². The second-order valence-corrected chi connectivity index (χ2v) is 4.80. The van der Waals surface area contributed by atoms with Gasteiger partial charge in [0, 0.05) is 23.6 Å². The van der Waals surface area contributed by atoms with Gasteiger partial charge < -0.3 is 5.11 Å². The fourth-order valence-electron chi connectivity index (χ4n) is 1.27.